The van der Waals surface area contributed by atoms with Crippen molar-refractivity contribution in [2.24, 2.45) is 23.7 Å². The molecule has 16 heteroatoms. The van der Waals surface area contributed by atoms with Crippen molar-refractivity contribution < 1.29 is 51.0 Å². The first kappa shape index (κ1) is 34.6. The van der Waals surface area contributed by atoms with Gasteiger partial charge in [0.25, 0.3) is 11.8 Å². The average Bonchev–Trinajstić information content (AvgIpc) is 3.45. The predicted octanol–water partition coefficient (Wildman–Crippen LogP) is 7.17. The van der Waals surface area contributed by atoms with Gasteiger partial charge >= 0.3 is 0 Å². The second kappa shape index (κ2) is 11.5. The van der Waals surface area contributed by atoms with Gasteiger partial charge in [-0.1, -0.05) is 29.3 Å². The van der Waals surface area contributed by atoms with Crippen molar-refractivity contribution in [3.63, 3.8) is 0 Å². The molecular formula is C36H22Cl3F5N2O6. The lowest BCUT2D eigenvalue weighted by atomic mass is 9.56. The number of rotatable bonds is 3. The second-order valence-electron chi connectivity index (χ2n) is 13.4. The van der Waals surface area contributed by atoms with Gasteiger partial charge in [-0.25, -0.2) is 31.8 Å². The Morgan fingerprint density at radius 1 is 0.846 bits per heavy atom. The van der Waals surface area contributed by atoms with E-state index in [1.807, 2.05) is 0 Å². The van der Waals surface area contributed by atoms with Gasteiger partial charge in [0.05, 0.1) is 23.8 Å². The molecule has 3 fully saturated rings. The number of phenols is 1. The van der Waals surface area contributed by atoms with Gasteiger partial charge in [0.2, 0.25) is 17.6 Å². The van der Waals surface area contributed by atoms with E-state index in [2.05, 4.69) is 0 Å². The van der Waals surface area contributed by atoms with Crippen molar-refractivity contribution in [2.45, 2.75) is 35.9 Å². The van der Waals surface area contributed by atoms with Gasteiger partial charge in [-0.2, -0.15) is 0 Å². The van der Waals surface area contributed by atoms with Gasteiger partial charge in [0.1, 0.15) is 17.2 Å². The second-order valence-corrected chi connectivity index (χ2v) is 15.1. The Balaban J connectivity index is 1.31. The molecule has 5 aliphatic rings. The molecule has 0 aromatic heterocycles. The molecule has 3 aromatic carbocycles. The SMILES string of the molecule is Cc1ccc(N2C(=O)[C@H]3[C@H](CC=C4[C@H](C5=COc6ccc(O)cc6C5)[C@]5(Cl)C(=O)N(c6c(F)c(F)c(F)c(F)c6F)C(=O)[C@]5(Cl)C[C@H]43)C2=O)cc1Cl. The number of alkyl halides is 2. The normalized spacial score (nSPS) is 29.3. The molecule has 2 aliphatic carbocycles. The van der Waals surface area contributed by atoms with Crippen LogP contribution in [0.4, 0.5) is 33.3 Å². The van der Waals surface area contributed by atoms with Crippen molar-refractivity contribution in [3.8, 4) is 11.5 Å². The number of hydrogen-bond donors (Lipinski definition) is 1. The molecule has 4 amide bonds. The number of hydrogen-bond acceptors (Lipinski definition) is 6. The lowest BCUT2D eigenvalue weighted by molar-refractivity contribution is -0.125. The van der Waals surface area contributed by atoms with Gasteiger partial charge in [-0.05, 0) is 67.2 Å². The third-order valence-corrected chi connectivity index (χ3v) is 12.6. The highest BCUT2D eigenvalue weighted by molar-refractivity contribution is 6.58. The van der Waals surface area contributed by atoms with E-state index in [0.717, 1.165) is 4.90 Å². The smallest absolute Gasteiger partial charge is 0.258 e. The topological polar surface area (TPSA) is 104 Å². The highest BCUT2D eigenvalue weighted by atomic mass is 35.5. The van der Waals surface area contributed by atoms with Gasteiger partial charge in [-0.3, -0.25) is 19.2 Å². The molecule has 1 saturated carbocycles. The van der Waals surface area contributed by atoms with E-state index in [4.69, 9.17) is 39.5 Å². The molecule has 3 aliphatic heterocycles. The fraction of sp³-hybridized carbons (Fsp3) is 0.278. The molecule has 0 bridgehead atoms. The summed E-state index contributed by atoms with van der Waals surface area (Å²) in [4.78, 5) is 52.4. The molecule has 2 saturated heterocycles. The first-order valence-electron chi connectivity index (χ1n) is 15.8. The number of fused-ring (bicyclic) bond motifs is 5. The zero-order valence-corrected chi connectivity index (χ0v) is 28.7. The summed E-state index contributed by atoms with van der Waals surface area (Å²) < 4.78 is 79.5. The number of ether oxygens (including phenoxy) is 1. The first-order valence-corrected chi connectivity index (χ1v) is 17.0. The Kier molecular flexibility index (Phi) is 7.67. The third kappa shape index (κ3) is 4.38. The molecule has 3 aromatic rings. The number of carbonyl (C=O) groups excluding carboxylic acids is 4. The molecule has 0 unspecified atom stereocenters. The van der Waals surface area contributed by atoms with E-state index >= 15 is 8.78 Å². The molecule has 6 atom stereocenters. The van der Waals surface area contributed by atoms with Crippen LogP contribution < -0.4 is 14.5 Å². The van der Waals surface area contributed by atoms with Crippen molar-refractivity contribution >= 4 is 69.8 Å². The first-order chi connectivity index (χ1) is 24.5. The van der Waals surface area contributed by atoms with E-state index in [1.165, 1.54) is 36.6 Å². The quantitative estimate of drug-likeness (QED) is 0.0756. The standard InChI is InChI=1S/C36H22Cl3F5N2O6/c1-13-2-3-16(10-21(13)37)45-31(48)19-6-5-18-20(23(19)32(45)49)11-35(38)33(50)46(30-28(43)26(41)25(40)27(42)29(30)44)34(51)36(35,39)24(18)15-8-14-9-17(47)4-7-22(14)52-12-15/h2-5,7,9-10,12,19-20,23-24,47H,6,8,11H2,1H3/t19-,20+,23-,24-,35+,36-/m0/s1. The summed E-state index contributed by atoms with van der Waals surface area (Å²) in [6.07, 6.45) is 2.04. The van der Waals surface area contributed by atoms with E-state index < -0.39 is 98.2 Å². The number of allylic oxidation sites excluding steroid dienone is 3. The summed E-state index contributed by atoms with van der Waals surface area (Å²) in [6.45, 7) is 1.73. The van der Waals surface area contributed by atoms with Crippen LogP contribution in [0.5, 0.6) is 11.5 Å². The van der Waals surface area contributed by atoms with Gasteiger partial charge in [0.15, 0.2) is 33.0 Å². The highest BCUT2D eigenvalue weighted by Gasteiger charge is 2.77. The van der Waals surface area contributed by atoms with Gasteiger partial charge < -0.3 is 9.84 Å². The van der Waals surface area contributed by atoms with Crippen LogP contribution in [-0.2, 0) is 25.6 Å². The molecule has 0 spiro atoms. The fourth-order valence-corrected chi connectivity index (χ4v) is 9.48. The number of aryl methyl sites for hydroxylation is 1. The number of imide groups is 2. The van der Waals surface area contributed by atoms with E-state index in [9.17, 15) is 37.5 Å². The summed E-state index contributed by atoms with van der Waals surface area (Å²) in [5.74, 6) is -21.3. The van der Waals surface area contributed by atoms with Crippen LogP contribution in [-0.4, -0.2) is 38.5 Å². The van der Waals surface area contributed by atoms with Crippen LogP contribution in [0.3, 0.4) is 0 Å². The largest absolute Gasteiger partial charge is 0.508 e. The van der Waals surface area contributed by atoms with Crippen LogP contribution in [0.15, 0.2) is 59.9 Å². The summed E-state index contributed by atoms with van der Waals surface area (Å²) in [6, 6.07) is 8.82. The highest BCUT2D eigenvalue weighted by Crippen LogP contribution is 2.65. The molecule has 52 heavy (non-hydrogen) atoms. The van der Waals surface area contributed by atoms with Gasteiger partial charge in [-0.15, -0.1) is 23.2 Å². The molecular weight excluding hydrogens is 758 g/mol. The number of aromatic hydroxyl groups is 1. The number of halogens is 8. The van der Waals surface area contributed by atoms with Crippen LogP contribution in [0.25, 0.3) is 0 Å². The Labute approximate surface area is 306 Å². The van der Waals surface area contributed by atoms with Crippen LogP contribution in [0, 0.1) is 59.7 Å². The molecule has 268 valence electrons. The van der Waals surface area contributed by atoms with Crippen LogP contribution in [0.2, 0.25) is 5.02 Å². The Bertz CT molecular complexity index is 2260. The van der Waals surface area contributed by atoms with Crippen molar-refractivity contribution in [3.05, 3.63) is 105 Å². The maximum absolute atomic E-state index is 15.3. The molecule has 1 N–H and O–H groups in total. The number of benzene rings is 3. The minimum Gasteiger partial charge on any atom is -0.508 e. The number of anilines is 2. The molecule has 3 heterocycles. The Morgan fingerprint density at radius 3 is 2.19 bits per heavy atom. The van der Waals surface area contributed by atoms with E-state index in [1.54, 1.807) is 19.1 Å². The number of phenolic OH excluding ortho intramolecular Hbond substituents is 1. The van der Waals surface area contributed by atoms with Gasteiger partial charge in [0, 0.05) is 22.9 Å². The molecule has 0 radical (unpaired) electrons. The summed E-state index contributed by atoms with van der Waals surface area (Å²) in [5.41, 5.74) is -0.150. The average molecular weight is 780 g/mol. The van der Waals surface area contributed by atoms with Crippen molar-refractivity contribution in [2.75, 3.05) is 9.80 Å². The molecule has 8 nitrogen and oxygen atoms in total. The Morgan fingerprint density at radius 2 is 1.52 bits per heavy atom. The third-order valence-electron chi connectivity index (χ3n) is 10.8. The molecule has 8 rings (SSSR count). The van der Waals surface area contributed by atoms with Crippen molar-refractivity contribution in [1.82, 2.24) is 0 Å². The lowest BCUT2D eigenvalue weighted by Crippen LogP contribution is -2.61. The van der Waals surface area contributed by atoms with Crippen molar-refractivity contribution in [1.29, 1.82) is 0 Å². The number of nitrogens with zero attached hydrogens (tertiary/aromatic N) is 2. The summed E-state index contributed by atoms with van der Waals surface area (Å²) in [7, 11) is 0. The number of carbonyl (C=O) groups is 4. The summed E-state index contributed by atoms with van der Waals surface area (Å²) in [5, 5.41) is 10.5. The summed E-state index contributed by atoms with van der Waals surface area (Å²) >= 11 is 20.7. The zero-order chi connectivity index (χ0) is 37.3. The minimum absolute atomic E-state index is 0.0368. The van der Waals surface area contributed by atoms with E-state index in [-0.39, 0.29) is 45.3 Å². The Hall–Kier alpha value is -4.46. The number of amides is 4. The van der Waals surface area contributed by atoms with E-state index in [0.29, 0.717) is 16.9 Å². The maximum Gasteiger partial charge on any atom is 0.258 e. The zero-order valence-electron chi connectivity index (χ0n) is 26.5. The maximum atomic E-state index is 15.3. The lowest BCUT2D eigenvalue weighted by Gasteiger charge is -2.51. The van der Waals surface area contributed by atoms with Crippen LogP contribution in [0.1, 0.15) is 24.0 Å². The minimum atomic E-state index is -2.69. The predicted molar refractivity (Wildman–Crippen MR) is 176 cm³/mol. The monoisotopic (exact) mass is 778 g/mol. The fourth-order valence-electron chi connectivity index (χ4n) is 8.35. The van der Waals surface area contributed by atoms with Crippen LogP contribution >= 0.6 is 34.8 Å².